The number of hydrogen-bond acceptors (Lipinski definition) is 4. The number of carbonyl (C=O) groups is 1. The molecule has 102 valence electrons. The van der Waals surface area contributed by atoms with E-state index in [2.05, 4.69) is 4.98 Å². The summed E-state index contributed by atoms with van der Waals surface area (Å²) in [5.74, 6) is -0.0675. The normalized spacial score (nSPS) is 20.6. The van der Waals surface area contributed by atoms with Gasteiger partial charge >= 0.3 is 7.12 Å². The second-order valence-electron chi connectivity index (χ2n) is 5.75. The van der Waals surface area contributed by atoms with Crippen LogP contribution in [0.15, 0.2) is 12.1 Å². The monoisotopic (exact) mass is 281 g/mol. The Morgan fingerprint density at radius 2 is 1.74 bits per heavy atom. The molecule has 1 saturated heterocycles. The van der Waals surface area contributed by atoms with Crippen molar-refractivity contribution in [2.24, 2.45) is 0 Å². The fourth-order valence-electron chi connectivity index (χ4n) is 1.81. The van der Waals surface area contributed by atoms with Gasteiger partial charge < -0.3 is 9.31 Å². The maximum absolute atomic E-state index is 11.5. The second kappa shape index (κ2) is 4.58. The Morgan fingerprint density at radius 1 is 1.21 bits per heavy atom. The molecular formula is C13H17BClNO3. The van der Waals surface area contributed by atoms with Gasteiger partial charge in [0.2, 0.25) is 0 Å². The van der Waals surface area contributed by atoms with Gasteiger partial charge in [-0.3, -0.25) is 4.79 Å². The first-order valence-electron chi connectivity index (χ1n) is 6.16. The largest absolute Gasteiger partial charge is 0.514 e. The highest BCUT2D eigenvalue weighted by atomic mass is 35.5. The Morgan fingerprint density at radius 3 is 2.21 bits per heavy atom. The minimum Gasteiger partial charge on any atom is -0.398 e. The maximum Gasteiger partial charge on any atom is 0.514 e. The Labute approximate surface area is 118 Å². The van der Waals surface area contributed by atoms with E-state index in [1.807, 2.05) is 27.7 Å². The molecular weight excluding hydrogens is 264 g/mol. The highest BCUT2D eigenvalue weighted by Crippen LogP contribution is 2.36. The van der Waals surface area contributed by atoms with Gasteiger partial charge in [0, 0.05) is 5.56 Å². The zero-order valence-corrected chi connectivity index (χ0v) is 12.5. The van der Waals surface area contributed by atoms with E-state index >= 15 is 0 Å². The van der Waals surface area contributed by atoms with E-state index < -0.39 is 18.3 Å². The number of pyridine rings is 1. The van der Waals surface area contributed by atoms with Crippen LogP contribution in [0, 0.1) is 0 Å². The lowest BCUT2D eigenvalue weighted by Gasteiger charge is -2.32. The fraction of sp³-hybridized carbons (Fsp3) is 0.538. The summed E-state index contributed by atoms with van der Waals surface area (Å²) in [5.41, 5.74) is 0.136. The van der Waals surface area contributed by atoms with E-state index in [-0.39, 0.29) is 10.9 Å². The highest BCUT2D eigenvalue weighted by molar-refractivity contribution is 6.61. The van der Waals surface area contributed by atoms with Crippen LogP contribution in [0.2, 0.25) is 5.15 Å². The number of Topliss-reactive ketones (excluding diaryl/α,β-unsaturated/α-hetero) is 1. The average Bonchev–Trinajstić information content (AvgIpc) is 2.47. The number of nitrogens with zero attached hydrogens (tertiary/aromatic N) is 1. The number of ketones is 1. The molecule has 6 heteroatoms. The molecule has 0 aromatic carbocycles. The molecule has 2 heterocycles. The molecule has 0 amide bonds. The third kappa shape index (κ3) is 2.68. The molecule has 0 atom stereocenters. The van der Waals surface area contributed by atoms with Crippen molar-refractivity contribution in [1.29, 1.82) is 0 Å². The summed E-state index contributed by atoms with van der Waals surface area (Å²) in [6.07, 6.45) is 0. The van der Waals surface area contributed by atoms with Gasteiger partial charge in [0.1, 0.15) is 5.15 Å². The molecule has 0 spiro atoms. The number of halogens is 1. The maximum atomic E-state index is 11.5. The van der Waals surface area contributed by atoms with Crippen LogP contribution in [0.5, 0.6) is 0 Å². The number of carbonyl (C=O) groups excluding carboxylic acids is 1. The summed E-state index contributed by atoms with van der Waals surface area (Å²) in [6, 6.07) is 3.20. The van der Waals surface area contributed by atoms with Gasteiger partial charge in [-0.05, 0) is 46.8 Å². The Bertz CT molecular complexity index is 515. The summed E-state index contributed by atoms with van der Waals surface area (Å²) in [7, 11) is -0.609. The van der Waals surface area contributed by atoms with Crippen LogP contribution >= 0.6 is 11.6 Å². The molecule has 0 bridgehead atoms. The van der Waals surface area contributed by atoms with E-state index in [0.717, 1.165) is 0 Å². The minimum absolute atomic E-state index is 0.0675. The van der Waals surface area contributed by atoms with Gasteiger partial charge in [0.05, 0.1) is 16.8 Å². The van der Waals surface area contributed by atoms with Crippen LogP contribution in [-0.2, 0) is 9.31 Å². The summed E-state index contributed by atoms with van der Waals surface area (Å²) >= 11 is 5.94. The minimum atomic E-state index is -0.609. The van der Waals surface area contributed by atoms with Gasteiger partial charge in [-0.15, -0.1) is 0 Å². The predicted molar refractivity (Wildman–Crippen MR) is 75.0 cm³/mol. The molecule has 0 N–H and O–H groups in total. The summed E-state index contributed by atoms with van der Waals surface area (Å²) in [4.78, 5) is 15.6. The van der Waals surface area contributed by atoms with Crippen LogP contribution in [0.25, 0.3) is 0 Å². The molecule has 1 aromatic heterocycles. The summed E-state index contributed by atoms with van der Waals surface area (Å²) < 4.78 is 11.8. The van der Waals surface area contributed by atoms with Crippen molar-refractivity contribution in [3.8, 4) is 0 Å². The molecule has 1 fully saturated rings. The van der Waals surface area contributed by atoms with Crippen LogP contribution in [0.4, 0.5) is 0 Å². The van der Waals surface area contributed by atoms with Crippen molar-refractivity contribution in [3.05, 3.63) is 22.8 Å². The molecule has 0 unspecified atom stereocenters. The predicted octanol–water partition coefficient (Wildman–Crippen LogP) is 2.24. The highest BCUT2D eigenvalue weighted by Gasteiger charge is 2.52. The Balaban J connectivity index is 2.37. The van der Waals surface area contributed by atoms with E-state index in [1.54, 1.807) is 12.1 Å². The molecule has 0 saturated carbocycles. The zero-order valence-electron chi connectivity index (χ0n) is 11.8. The molecule has 1 aliphatic heterocycles. The Hall–Kier alpha value is -0.905. The molecule has 4 nitrogen and oxygen atoms in total. The van der Waals surface area contributed by atoms with Gasteiger partial charge in [0.15, 0.2) is 5.78 Å². The third-order valence-electron chi connectivity index (χ3n) is 3.72. The quantitative estimate of drug-likeness (QED) is 0.474. The number of aromatic nitrogens is 1. The van der Waals surface area contributed by atoms with Crippen LogP contribution < -0.4 is 5.59 Å². The molecule has 1 aliphatic rings. The van der Waals surface area contributed by atoms with Crippen molar-refractivity contribution >= 4 is 30.1 Å². The topological polar surface area (TPSA) is 48.4 Å². The lowest BCUT2D eigenvalue weighted by molar-refractivity contribution is 0.00578. The summed E-state index contributed by atoms with van der Waals surface area (Å²) in [6.45, 7) is 9.33. The molecule has 2 rings (SSSR count). The average molecular weight is 282 g/mol. The van der Waals surface area contributed by atoms with Crippen molar-refractivity contribution in [3.63, 3.8) is 0 Å². The van der Waals surface area contributed by atoms with Crippen molar-refractivity contribution in [2.45, 2.75) is 45.8 Å². The first-order valence-corrected chi connectivity index (χ1v) is 6.54. The van der Waals surface area contributed by atoms with E-state index in [4.69, 9.17) is 20.9 Å². The lowest BCUT2D eigenvalue weighted by atomic mass is 9.83. The van der Waals surface area contributed by atoms with Crippen molar-refractivity contribution in [1.82, 2.24) is 4.98 Å². The first-order chi connectivity index (χ1) is 8.62. The van der Waals surface area contributed by atoms with E-state index in [1.165, 1.54) is 6.92 Å². The number of hydrogen-bond donors (Lipinski definition) is 0. The van der Waals surface area contributed by atoms with Crippen LogP contribution in [-0.4, -0.2) is 29.1 Å². The van der Waals surface area contributed by atoms with Gasteiger partial charge in [0.25, 0.3) is 0 Å². The number of rotatable bonds is 2. The van der Waals surface area contributed by atoms with Gasteiger partial charge in [-0.25, -0.2) is 4.98 Å². The first kappa shape index (κ1) is 14.5. The molecule has 0 aliphatic carbocycles. The summed E-state index contributed by atoms with van der Waals surface area (Å²) in [5, 5.41) is 0.261. The lowest BCUT2D eigenvalue weighted by Crippen LogP contribution is -2.41. The van der Waals surface area contributed by atoms with Gasteiger partial charge in [-0.1, -0.05) is 11.6 Å². The second-order valence-corrected chi connectivity index (χ2v) is 6.14. The van der Waals surface area contributed by atoms with Gasteiger partial charge in [-0.2, -0.15) is 0 Å². The SMILES string of the molecule is CC(=O)c1cc(Cl)nc(B2OC(C)(C)C(C)(C)O2)c1. The Kier molecular flexibility index (Phi) is 3.50. The third-order valence-corrected chi connectivity index (χ3v) is 3.91. The van der Waals surface area contributed by atoms with Crippen molar-refractivity contribution < 1.29 is 14.1 Å². The van der Waals surface area contributed by atoms with E-state index in [0.29, 0.717) is 11.2 Å². The van der Waals surface area contributed by atoms with Crippen molar-refractivity contribution in [2.75, 3.05) is 0 Å². The van der Waals surface area contributed by atoms with Crippen LogP contribution in [0.1, 0.15) is 45.0 Å². The fourth-order valence-corrected chi connectivity index (χ4v) is 2.02. The molecule has 19 heavy (non-hydrogen) atoms. The zero-order chi connectivity index (χ0) is 14.4. The van der Waals surface area contributed by atoms with E-state index in [9.17, 15) is 4.79 Å². The standard InChI is InChI=1S/C13H17BClNO3/c1-8(17)9-6-10(16-11(15)7-9)14-18-12(2,3)13(4,5)19-14/h6-7H,1-5H3. The van der Waals surface area contributed by atoms with Crippen LogP contribution in [0.3, 0.4) is 0 Å². The molecule has 1 aromatic rings. The molecule has 0 radical (unpaired) electrons. The smallest absolute Gasteiger partial charge is 0.398 e.